The third-order valence-electron chi connectivity index (χ3n) is 5.03. The van der Waals surface area contributed by atoms with Crippen molar-refractivity contribution < 1.29 is 18.9 Å². The Labute approximate surface area is 222 Å². The van der Waals surface area contributed by atoms with E-state index >= 15 is 0 Å². The minimum atomic E-state index is -0.450. The number of hydrogen-bond acceptors (Lipinski definition) is 7. The molecule has 0 fully saturated rings. The summed E-state index contributed by atoms with van der Waals surface area (Å²) in [6.07, 6.45) is 1.64. The normalized spacial score (nSPS) is 12.0. The maximum absolute atomic E-state index is 13.1. The Morgan fingerprint density at radius 1 is 1.00 bits per heavy atom. The number of aromatic nitrogens is 1. The molecule has 0 bridgehead atoms. The van der Waals surface area contributed by atoms with Crippen molar-refractivity contribution in [3.05, 3.63) is 100 Å². The van der Waals surface area contributed by atoms with E-state index in [1.807, 2.05) is 35.7 Å². The molecule has 0 saturated carbocycles. The van der Waals surface area contributed by atoms with Crippen LogP contribution in [0.15, 0.2) is 93.3 Å². The second-order valence-electron chi connectivity index (χ2n) is 7.94. The van der Waals surface area contributed by atoms with Crippen molar-refractivity contribution in [1.29, 1.82) is 0 Å². The van der Waals surface area contributed by atoms with Gasteiger partial charge in [-0.1, -0.05) is 29.4 Å². The molecular formula is C27H24N4O4S2. The molecule has 0 unspecified atom stereocenters. The van der Waals surface area contributed by atoms with Crippen molar-refractivity contribution in [2.24, 2.45) is 0 Å². The Balaban J connectivity index is 1.39. The van der Waals surface area contributed by atoms with Crippen molar-refractivity contribution in [3.8, 4) is 0 Å². The van der Waals surface area contributed by atoms with Gasteiger partial charge in [0.05, 0.1) is 5.25 Å². The molecule has 10 heteroatoms. The minimum absolute atomic E-state index is 0.128. The first kappa shape index (κ1) is 25.9. The lowest BCUT2D eigenvalue weighted by atomic mass is 10.2. The molecular weight excluding hydrogens is 508 g/mol. The van der Waals surface area contributed by atoms with E-state index in [4.69, 9.17) is 4.52 Å². The summed E-state index contributed by atoms with van der Waals surface area (Å²) in [5, 5.41) is 13.5. The Morgan fingerprint density at radius 3 is 2.41 bits per heavy atom. The first-order chi connectivity index (χ1) is 17.9. The fraction of sp³-hybridized carbons (Fsp3) is 0.111. The summed E-state index contributed by atoms with van der Waals surface area (Å²) in [7, 11) is 0. The van der Waals surface area contributed by atoms with Crippen LogP contribution in [-0.4, -0.2) is 28.1 Å². The minimum Gasteiger partial charge on any atom is -0.360 e. The Hall–Kier alpha value is -4.15. The van der Waals surface area contributed by atoms with Crippen LogP contribution in [-0.2, 0) is 9.59 Å². The van der Waals surface area contributed by atoms with Crippen LogP contribution in [0, 0.1) is 6.92 Å². The van der Waals surface area contributed by atoms with Crippen LogP contribution in [0.25, 0.3) is 6.08 Å². The average Bonchev–Trinajstić information content (AvgIpc) is 3.56. The number of thioether (sulfide) groups is 1. The summed E-state index contributed by atoms with van der Waals surface area (Å²) in [6, 6.07) is 21.2. The number of thiophene rings is 1. The monoisotopic (exact) mass is 532 g/mol. The molecule has 1 atom stereocenters. The molecule has 0 saturated heterocycles. The second kappa shape index (κ2) is 12.2. The summed E-state index contributed by atoms with van der Waals surface area (Å²) in [5.74, 6) is -0.0414. The van der Waals surface area contributed by atoms with Crippen LogP contribution >= 0.6 is 23.1 Å². The molecule has 188 valence electrons. The molecule has 2 aromatic heterocycles. The lowest BCUT2D eigenvalue weighted by molar-refractivity contribution is -0.115. The van der Waals surface area contributed by atoms with Crippen LogP contribution in [0.2, 0.25) is 0 Å². The lowest BCUT2D eigenvalue weighted by Crippen LogP contribution is -2.30. The predicted octanol–water partition coefficient (Wildman–Crippen LogP) is 5.57. The van der Waals surface area contributed by atoms with Crippen molar-refractivity contribution >= 4 is 58.4 Å². The molecule has 37 heavy (non-hydrogen) atoms. The zero-order chi connectivity index (χ0) is 26.2. The highest BCUT2D eigenvalue weighted by Gasteiger charge is 2.17. The molecule has 4 rings (SSSR count). The number of rotatable bonds is 9. The van der Waals surface area contributed by atoms with Gasteiger partial charge in [-0.15, -0.1) is 23.1 Å². The van der Waals surface area contributed by atoms with E-state index < -0.39 is 5.91 Å². The highest BCUT2D eigenvalue weighted by molar-refractivity contribution is 8.00. The SMILES string of the molecule is Cc1cc(NC(=O)[C@@H](C)Sc2ccc(NC(=O)/C(=C/c3cccs3)NC(=O)c3ccccc3)cc2)no1. The number of carbonyl (C=O) groups is 3. The Bertz CT molecular complexity index is 1400. The number of amides is 3. The van der Waals surface area contributed by atoms with Crippen molar-refractivity contribution in [2.75, 3.05) is 10.6 Å². The van der Waals surface area contributed by atoms with Gasteiger partial charge in [0.1, 0.15) is 11.5 Å². The van der Waals surface area contributed by atoms with Gasteiger partial charge in [0.25, 0.3) is 11.8 Å². The molecule has 2 aromatic carbocycles. The molecule has 3 amide bonds. The van der Waals surface area contributed by atoms with Gasteiger partial charge in [0, 0.05) is 27.1 Å². The zero-order valence-corrected chi connectivity index (χ0v) is 21.7. The number of nitrogens with one attached hydrogen (secondary N) is 3. The van der Waals surface area contributed by atoms with Gasteiger partial charge in [-0.25, -0.2) is 0 Å². The van der Waals surface area contributed by atoms with Gasteiger partial charge in [0.2, 0.25) is 5.91 Å². The van der Waals surface area contributed by atoms with Crippen molar-refractivity contribution in [2.45, 2.75) is 24.0 Å². The standard InChI is InChI=1S/C27H24N4O4S2/c1-17-15-24(31-35-17)30-25(32)18(2)37-21-12-10-20(11-13-21)28-27(34)23(16-22-9-6-14-36-22)29-26(33)19-7-4-3-5-8-19/h3-16,18H,1-2H3,(H,28,34)(H,29,33)(H,30,31,32)/b23-16-/t18-/m1/s1. The van der Waals surface area contributed by atoms with Crippen LogP contribution in [0.3, 0.4) is 0 Å². The quantitative estimate of drug-likeness (QED) is 0.192. The summed E-state index contributed by atoms with van der Waals surface area (Å²) in [4.78, 5) is 39.9. The molecule has 3 N–H and O–H groups in total. The summed E-state index contributed by atoms with van der Waals surface area (Å²) >= 11 is 2.83. The second-order valence-corrected chi connectivity index (χ2v) is 10.3. The smallest absolute Gasteiger partial charge is 0.272 e. The first-order valence-electron chi connectivity index (χ1n) is 11.3. The largest absolute Gasteiger partial charge is 0.360 e. The fourth-order valence-corrected chi connectivity index (χ4v) is 4.71. The van der Waals surface area contributed by atoms with Gasteiger partial charge in [-0.3, -0.25) is 14.4 Å². The van der Waals surface area contributed by atoms with Crippen molar-refractivity contribution in [3.63, 3.8) is 0 Å². The summed E-state index contributed by atoms with van der Waals surface area (Å²) in [5.41, 5.74) is 1.13. The number of carbonyl (C=O) groups excluding carboxylic acids is 3. The Morgan fingerprint density at radius 2 is 1.76 bits per heavy atom. The molecule has 0 radical (unpaired) electrons. The van der Waals surface area contributed by atoms with E-state index in [1.54, 1.807) is 62.4 Å². The molecule has 0 spiro atoms. The highest BCUT2D eigenvalue weighted by atomic mass is 32.2. The number of benzene rings is 2. The molecule has 8 nitrogen and oxygen atoms in total. The van der Waals surface area contributed by atoms with Crippen LogP contribution < -0.4 is 16.0 Å². The van der Waals surface area contributed by atoms with Crippen LogP contribution in [0.1, 0.15) is 27.9 Å². The predicted molar refractivity (Wildman–Crippen MR) is 146 cm³/mol. The molecule has 0 aliphatic carbocycles. The molecule has 2 heterocycles. The van der Waals surface area contributed by atoms with Gasteiger partial charge >= 0.3 is 0 Å². The van der Waals surface area contributed by atoms with E-state index in [9.17, 15) is 14.4 Å². The van der Waals surface area contributed by atoms with Gasteiger partial charge in [0.15, 0.2) is 5.82 Å². The fourth-order valence-electron chi connectivity index (χ4n) is 3.18. The number of hydrogen-bond donors (Lipinski definition) is 3. The number of aryl methyl sites for hydroxylation is 1. The summed E-state index contributed by atoms with van der Waals surface area (Å²) in [6.45, 7) is 3.54. The third-order valence-corrected chi connectivity index (χ3v) is 6.96. The topological polar surface area (TPSA) is 113 Å². The van der Waals surface area contributed by atoms with E-state index in [0.29, 0.717) is 22.8 Å². The maximum atomic E-state index is 13.1. The molecule has 0 aliphatic heterocycles. The van der Waals surface area contributed by atoms with Gasteiger partial charge in [-0.2, -0.15) is 0 Å². The maximum Gasteiger partial charge on any atom is 0.272 e. The molecule has 4 aromatic rings. The zero-order valence-electron chi connectivity index (χ0n) is 20.1. The third kappa shape index (κ3) is 7.42. The lowest BCUT2D eigenvalue weighted by Gasteiger charge is -2.13. The van der Waals surface area contributed by atoms with E-state index in [-0.39, 0.29) is 22.8 Å². The number of nitrogens with zero attached hydrogens (tertiary/aromatic N) is 1. The number of anilines is 2. The van der Waals surface area contributed by atoms with E-state index in [2.05, 4.69) is 21.1 Å². The van der Waals surface area contributed by atoms with Gasteiger partial charge < -0.3 is 20.5 Å². The van der Waals surface area contributed by atoms with Crippen LogP contribution in [0.5, 0.6) is 0 Å². The Kier molecular flexibility index (Phi) is 8.55. The van der Waals surface area contributed by atoms with E-state index in [0.717, 1.165) is 9.77 Å². The van der Waals surface area contributed by atoms with Crippen LogP contribution in [0.4, 0.5) is 11.5 Å². The highest BCUT2D eigenvalue weighted by Crippen LogP contribution is 2.26. The first-order valence-corrected chi connectivity index (χ1v) is 13.1. The molecule has 0 aliphatic rings. The van der Waals surface area contributed by atoms with E-state index in [1.165, 1.54) is 23.1 Å². The van der Waals surface area contributed by atoms with Crippen molar-refractivity contribution in [1.82, 2.24) is 10.5 Å². The van der Waals surface area contributed by atoms with Gasteiger partial charge in [-0.05, 0) is 67.8 Å². The average molecular weight is 533 g/mol. The summed E-state index contributed by atoms with van der Waals surface area (Å²) < 4.78 is 4.97.